The average molecular weight is 495 g/mol. The summed E-state index contributed by atoms with van der Waals surface area (Å²) < 4.78 is 5.74. The van der Waals surface area contributed by atoms with Gasteiger partial charge in [-0.25, -0.2) is 4.98 Å². The van der Waals surface area contributed by atoms with E-state index in [1.807, 2.05) is 36.5 Å². The lowest BCUT2D eigenvalue weighted by Gasteiger charge is -2.37. The van der Waals surface area contributed by atoms with Crippen LogP contribution in [-0.4, -0.2) is 61.7 Å². The largest absolute Gasteiger partial charge is 0.375 e. The number of benzene rings is 1. The lowest BCUT2D eigenvalue weighted by atomic mass is 10.2. The number of guanidine groups is 1. The Bertz CT molecular complexity index is 690. The van der Waals surface area contributed by atoms with E-state index in [1.165, 1.54) is 5.56 Å². The van der Waals surface area contributed by atoms with E-state index in [9.17, 15) is 0 Å². The smallest absolute Gasteiger partial charge is 0.194 e. The van der Waals surface area contributed by atoms with Crippen molar-refractivity contribution in [1.29, 1.82) is 0 Å². The van der Waals surface area contributed by atoms with Crippen LogP contribution >= 0.6 is 24.0 Å². The fourth-order valence-electron chi connectivity index (χ4n) is 3.09. The molecule has 1 aromatic carbocycles. The summed E-state index contributed by atoms with van der Waals surface area (Å²) in [6.45, 7) is 8.66. The van der Waals surface area contributed by atoms with Gasteiger partial charge in [-0.15, -0.1) is 24.0 Å². The van der Waals surface area contributed by atoms with Gasteiger partial charge in [0, 0.05) is 38.9 Å². The van der Waals surface area contributed by atoms with Gasteiger partial charge in [0.05, 0.1) is 19.8 Å². The lowest BCUT2D eigenvalue weighted by Crippen LogP contribution is -2.52. The maximum Gasteiger partial charge on any atom is 0.194 e. The lowest BCUT2D eigenvalue weighted by molar-refractivity contribution is 0.128. The minimum Gasteiger partial charge on any atom is -0.375 e. The summed E-state index contributed by atoms with van der Waals surface area (Å²) in [6.07, 6.45) is 1.85. The molecule has 0 radical (unpaired) electrons. The fourth-order valence-corrected chi connectivity index (χ4v) is 3.09. The summed E-state index contributed by atoms with van der Waals surface area (Å²) in [5.41, 5.74) is 1.19. The Morgan fingerprint density at radius 2 is 1.82 bits per heavy atom. The molecule has 28 heavy (non-hydrogen) atoms. The average Bonchev–Trinajstić information content (AvgIpc) is 2.74. The molecule has 1 aliphatic heterocycles. The van der Waals surface area contributed by atoms with Crippen LogP contribution < -0.4 is 10.2 Å². The fraction of sp³-hybridized carbons (Fsp3) is 0.429. The van der Waals surface area contributed by atoms with E-state index < -0.39 is 0 Å². The molecule has 2 aromatic rings. The minimum atomic E-state index is 0. The van der Waals surface area contributed by atoms with Crippen molar-refractivity contribution in [2.24, 2.45) is 4.99 Å². The molecule has 1 aliphatic rings. The van der Waals surface area contributed by atoms with Gasteiger partial charge in [-0.2, -0.15) is 0 Å². The van der Waals surface area contributed by atoms with Gasteiger partial charge < -0.3 is 19.9 Å². The highest BCUT2D eigenvalue weighted by Gasteiger charge is 2.20. The van der Waals surface area contributed by atoms with Gasteiger partial charge in [0.1, 0.15) is 5.82 Å². The Hall–Kier alpha value is -1.87. The first-order valence-electron chi connectivity index (χ1n) is 9.67. The van der Waals surface area contributed by atoms with E-state index in [-0.39, 0.29) is 24.0 Å². The maximum absolute atomic E-state index is 5.74. The molecule has 1 N–H and O–H groups in total. The number of halogens is 1. The van der Waals surface area contributed by atoms with E-state index in [4.69, 9.17) is 9.73 Å². The maximum atomic E-state index is 5.74. The third kappa shape index (κ3) is 6.94. The molecule has 7 heteroatoms. The Morgan fingerprint density at radius 1 is 1.07 bits per heavy atom. The Balaban J connectivity index is 0.00000280. The number of hydrogen-bond donors (Lipinski definition) is 1. The second kappa shape index (κ2) is 12.6. The summed E-state index contributed by atoms with van der Waals surface area (Å²) >= 11 is 0. The molecule has 6 nitrogen and oxygen atoms in total. The van der Waals surface area contributed by atoms with Gasteiger partial charge in [0.25, 0.3) is 0 Å². The van der Waals surface area contributed by atoms with E-state index in [2.05, 4.69) is 45.2 Å². The summed E-state index contributed by atoms with van der Waals surface area (Å²) in [5, 5.41) is 3.40. The molecule has 0 amide bonds. The normalized spacial score (nSPS) is 14.5. The second-order valence-electron chi connectivity index (χ2n) is 6.44. The zero-order chi connectivity index (χ0) is 18.7. The van der Waals surface area contributed by atoms with E-state index in [1.54, 1.807) is 0 Å². The highest BCUT2D eigenvalue weighted by molar-refractivity contribution is 14.0. The molecule has 1 fully saturated rings. The molecule has 1 aromatic heterocycles. The van der Waals surface area contributed by atoms with Crippen molar-refractivity contribution in [2.75, 3.05) is 50.8 Å². The third-order valence-corrected chi connectivity index (χ3v) is 4.50. The van der Waals surface area contributed by atoms with Crippen LogP contribution in [0.5, 0.6) is 0 Å². The number of nitrogens with zero attached hydrogens (tertiary/aromatic N) is 4. The van der Waals surface area contributed by atoms with Crippen molar-refractivity contribution in [1.82, 2.24) is 15.2 Å². The first kappa shape index (κ1) is 22.4. The predicted octanol–water partition coefficient (Wildman–Crippen LogP) is 3.00. The Kier molecular flexibility index (Phi) is 10.1. The van der Waals surface area contributed by atoms with Gasteiger partial charge in [-0.05, 0) is 24.6 Å². The second-order valence-corrected chi connectivity index (χ2v) is 6.44. The summed E-state index contributed by atoms with van der Waals surface area (Å²) in [6, 6.07) is 16.3. The molecule has 0 bridgehead atoms. The van der Waals surface area contributed by atoms with Crippen LogP contribution in [0.25, 0.3) is 0 Å². The quantitative estimate of drug-likeness (QED) is 0.277. The number of aromatic nitrogens is 1. The molecule has 1 saturated heterocycles. The van der Waals surface area contributed by atoms with Crippen LogP contribution in [0, 0.1) is 0 Å². The van der Waals surface area contributed by atoms with E-state index in [0.29, 0.717) is 19.8 Å². The summed E-state index contributed by atoms with van der Waals surface area (Å²) in [5.74, 6) is 2.02. The topological polar surface area (TPSA) is 53.0 Å². The first-order chi connectivity index (χ1) is 13.4. The highest BCUT2D eigenvalue weighted by atomic mass is 127. The third-order valence-electron chi connectivity index (χ3n) is 4.50. The summed E-state index contributed by atoms with van der Waals surface area (Å²) in [7, 11) is 0. The van der Waals surface area contributed by atoms with Crippen molar-refractivity contribution in [2.45, 2.75) is 13.5 Å². The number of piperazine rings is 1. The Labute approximate surface area is 185 Å². The number of pyridine rings is 1. The molecule has 2 heterocycles. The molecular weight excluding hydrogens is 465 g/mol. The van der Waals surface area contributed by atoms with Crippen molar-refractivity contribution < 1.29 is 4.74 Å². The van der Waals surface area contributed by atoms with Gasteiger partial charge in [-0.1, -0.05) is 36.4 Å². The molecule has 0 saturated carbocycles. The van der Waals surface area contributed by atoms with E-state index in [0.717, 1.165) is 44.5 Å². The number of aliphatic imine (C=N–C) groups is 1. The molecular formula is C21H30IN5O. The zero-order valence-electron chi connectivity index (χ0n) is 16.5. The number of ether oxygens (including phenoxy) is 1. The zero-order valence-corrected chi connectivity index (χ0v) is 18.8. The Morgan fingerprint density at radius 3 is 2.50 bits per heavy atom. The van der Waals surface area contributed by atoms with Crippen LogP contribution in [0.2, 0.25) is 0 Å². The molecule has 3 rings (SSSR count). The highest BCUT2D eigenvalue weighted by Crippen LogP contribution is 2.12. The van der Waals surface area contributed by atoms with Gasteiger partial charge in [0.15, 0.2) is 5.96 Å². The van der Waals surface area contributed by atoms with Crippen LogP contribution in [-0.2, 0) is 11.3 Å². The number of hydrogen-bond acceptors (Lipinski definition) is 4. The standard InChI is InChI=1S/C21H29N5O.HI/c1-2-22-21(24-12-17-27-18-19-8-4-3-5-9-19)26-15-13-25(14-16-26)20-10-6-7-11-23-20;/h3-11H,2,12-18H2,1H3,(H,22,24);1H. The van der Waals surface area contributed by atoms with Crippen molar-refractivity contribution in [3.8, 4) is 0 Å². The minimum absolute atomic E-state index is 0. The SMILES string of the molecule is CCNC(=NCCOCc1ccccc1)N1CCN(c2ccccn2)CC1.I. The van der Waals surface area contributed by atoms with Crippen LogP contribution in [0.1, 0.15) is 12.5 Å². The number of nitrogens with one attached hydrogen (secondary N) is 1. The monoisotopic (exact) mass is 495 g/mol. The van der Waals surface area contributed by atoms with Crippen molar-refractivity contribution >= 4 is 35.8 Å². The first-order valence-corrected chi connectivity index (χ1v) is 9.67. The van der Waals surface area contributed by atoms with Crippen LogP contribution in [0.3, 0.4) is 0 Å². The molecule has 0 aliphatic carbocycles. The van der Waals surface area contributed by atoms with Gasteiger partial charge in [0.2, 0.25) is 0 Å². The number of rotatable bonds is 7. The van der Waals surface area contributed by atoms with Gasteiger partial charge >= 0.3 is 0 Å². The van der Waals surface area contributed by atoms with Crippen LogP contribution in [0.4, 0.5) is 5.82 Å². The molecule has 152 valence electrons. The molecule has 0 unspecified atom stereocenters. The van der Waals surface area contributed by atoms with Crippen molar-refractivity contribution in [3.05, 3.63) is 60.3 Å². The summed E-state index contributed by atoms with van der Waals surface area (Å²) in [4.78, 5) is 13.8. The molecule has 0 spiro atoms. The van der Waals surface area contributed by atoms with Crippen LogP contribution in [0.15, 0.2) is 59.7 Å². The predicted molar refractivity (Wildman–Crippen MR) is 126 cm³/mol. The number of anilines is 1. The van der Waals surface area contributed by atoms with E-state index >= 15 is 0 Å². The van der Waals surface area contributed by atoms with Gasteiger partial charge in [-0.3, -0.25) is 4.99 Å². The molecule has 0 atom stereocenters. The van der Waals surface area contributed by atoms with Crippen molar-refractivity contribution in [3.63, 3.8) is 0 Å².